The van der Waals surface area contributed by atoms with Crippen molar-refractivity contribution in [3.63, 3.8) is 0 Å². The molecule has 5 heteroatoms. The molecule has 0 saturated carbocycles. The van der Waals surface area contributed by atoms with Crippen LogP contribution in [0.3, 0.4) is 0 Å². The molecule has 1 aliphatic heterocycles. The number of rotatable bonds is 3. The number of hydrogen-bond acceptors (Lipinski definition) is 3. The van der Waals surface area contributed by atoms with E-state index in [9.17, 15) is 4.79 Å². The van der Waals surface area contributed by atoms with Crippen LogP contribution in [0.4, 0.5) is 5.69 Å². The van der Waals surface area contributed by atoms with Crippen molar-refractivity contribution in [2.75, 3.05) is 25.0 Å². The molecule has 0 spiro atoms. The lowest BCUT2D eigenvalue weighted by molar-refractivity contribution is -0.119. The van der Waals surface area contributed by atoms with Crippen LogP contribution in [0.15, 0.2) is 24.3 Å². The predicted octanol–water partition coefficient (Wildman–Crippen LogP) is 1.61. The Kier molecular flexibility index (Phi) is 4.75. The zero-order chi connectivity index (χ0) is 12.1. The van der Waals surface area contributed by atoms with Gasteiger partial charge in [0.15, 0.2) is 0 Å². The smallest absolute Gasteiger partial charge is 0.227 e. The molecular weight excluding hydrogens is 331 g/mol. The van der Waals surface area contributed by atoms with Crippen molar-refractivity contribution >= 4 is 34.2 Å². The van der Waals surface area contributed by atoms with Crippen LogP contribution >= 0.6 is 22.6 Å². The van der Waals surface area contributed by atoms with Gasteiger partial charge in [-0.15, -0.1) is 0 Å². The van der Waals surface area contributed by atoms with Gasteiger partial charge < -0.3 is 15.4 Å². The van der Waals surface area contributed by atoms with Crippen molar-refractivity contribution in [3.8, 4) is 0 Å². The molecule has 92 valence electrons. The molecule has 1 fully saturated rings. The Morgan fingerprint density at radius 3 is 3.18 bits per heavy atom. The maximum atomic E-state index is 11.8. The molecule has 4 nitrogen and oxygen atoms in total. The van der Waals surface area contributed by atoms with Crippen LogP contribution in [0.5, 0.6) is 0 Å². The summed E-state index contributed by atoms with van der Waals surface area (Å²) in [6.07, 6.45) is 0.393. The Labute approximate surface area is 114 Å². The zero-order valence-corrected chi connectivity index (χ0v) is 11.6. The topological polar surface area (TPSA) is 50.4 Å². The third-order valence-electron chi connectivity index (χ3n) is 2.53. The molecule has 1 atom stereocenters. The summed E-state index contributed by atoms with van der Waals surface area (Å²) in [5.74, 6) is 0.000648. The number of ether oxygens (including phenoxy) is 1. The molecule has 1 aliphatic rings. The van der Waals surface area contributed by atoms with Gasteiger partial charge in [-0.1, -0.05) is 6.07 Å². The molecule has 1 unspecified atom stereocenters. The van der Waals surface area contributed by atoms with Gasteiger partial charge in [0.1, 0.15) is 0 Å². The Bertz CT molecular complexity index is 392. The molecule has 0 bridgehead atoms. The number of halogens is 1. The lowest BCUT2D eigenvalue weighted by atomic mass is 10.2. The minimum Gasteiger partial charge on any atom is -0.375 e. The quantitative estimate of drug-likeness (QED) is 0.818. The number of carbonyl (C=O) groups is 1. The molecule has 1 amide bonds. The van der Waals surface area contributed by atoms with Crippen LogP contribution in [0, 0.1) is 3.57 Å². The van der Waals surface area contributed by atoms with Gasteiger partial charge >= 0.3 is 0 Å². The highest BCUT2D eigenvalue weighted by atomic mass is 127. The van der Waals surface area contributed by atoms with Gasteiger partial charge in [0, 0.05) is 22.3 Å². The van der Waals surface area contributed by atoms with Crippen molar-refractivity contribution in [3.05, 3.63) is 27.8 Å². The van der Waals surface area contributed by atoms with E-state index in [2.05, 4.69) is 33.2 Å². The maximum absolute atomic E-state index is 11.8. The predicted molar refractivity (Wildman–Crippen MR) is 75.0 cm³/mol. The number of benzene rings is 1. The summed E-state index contributed by atoms with van der Waals surface area (Å²) in [7, 11) is 0. The summed E-state index contributed by atoms with van der Waals surface area (Å²) in [5, 5.41) is 6.09. The van der Waals surface area contributed by atoms with Gasteiger partial charge in [-0.3, -0.25) is 4.79 Å². The van der Waals surface area contributed by atoms with Gasteiger partial charge in [0.2, 0.25) is 5.91 Å². The number of anilines is 1. The molecule has 1 aromatic rings. The van der Waals surface area contributed by atoms with Crippen LogP contribution in [-0.4, -0.2) is 31.7 Å². The summed E-state index contributed by atoms with van der Waals surface area (Å²) in [5.41, 5.74) is 0.839. The van der Waals surface area contributed by atoms with Crippen molar-refractivity contribution in [2.24, 2.45) is 0 Å². The zero-order valence-electron chi connectivity index (χ0n) is 9.41. The van der Waals surface area contributed by atoms with Crippen LogP contribution in [-0.2, 0) is 9.53 Å². The molecule has 1 saturated heterocycles. The minimum absolute atomic E-state index is 0.000648. The van der Waals surface area contributed by atoms with E-state index in [1.807, 2.05) is 24.3 Å². The normalized spacial score (nSPS) is 19.9. The van der Waals surface area contributed by atoms with Gasteiger partial charge in [-0.25, -0.2) is 0 Å². The molecule has 1 heterocycles. The third-order valence-corrected chi connectivity index (χ3v) is 3.20. The monoisotopic (exact) mass is 346 g/mol. The second kappa shape index (κ2) is 6.32. The highest BCUT2D eigenvalue weighted by Crippen LogP contribution is 2.13. The van der Waals surface area contributed by atoms with Crippen molar-refractivity contribution < 1.29 is 9.53 Å². The highest BCUT2D eigenvalue weighted by molar-refractivity contribution is 14.1. The summed E-state index contributed by atoms with van der Waals surface area (Å²) in [6.45, 7) is 2.30. The largest absolute Gasteiger partial charge is 0.375 e. The molecule has 2 N–H and O–H groups in total. The first kappa shape index (κ1) is 12.8. The van der Waals surface area contributed by atoms with Crippen LogP contribution in [0.1, 0.15) is 6.42 Å². The molecule has 0 aliphatic carbocycles. The van der Waals surface area contributed by atoms with Crippen LogP contribution < -0.4 is 10.6 Å². The van der Waals surface area contributed by atoms with E-state index >= 15 is 0 Å². The van der Waals surface area contributed by atoms with E-state index in [0.717, 1.165) is 22.3 Å². The van der Waals surface area contributed by atoms with Crippen molar-refractivity contribution in [2.45, 2.75) is 12.5 Å². The summed E-state index contributed by atoms with van der Waals surface area (Å²) >= 11 is 2.22. The van der Waals surface area contributed by atoms with E-state index in [1.54, 1.807) is 0 Å². The third kappa shape index (κ3) is 4.25. The average Bonchev–Trinajstić information content (AvgIpc) is 2.30. The first-order chi connectivity index (χ1) is 8.24. The number of morpholine rings is 1. The fraction of sp³-hybridized carbons (Fsp3) is 0.417. The number of amides is 1. The number of hydrogen-bond donors (Lipinski definition) is 2. The van der Waals surface area contributed by atoms with E-state index < -0.39 is 0 Å². The second-order valence-electron chi connectivity index (χ2n) is 3.96. The number of carbonyl (C=O) groups excluding carboxylic acids is 1. The van der Waals surface area contributed by atoms with Gasteiger partial charge in [0.05, 0.1) is 19.1 Å². The molecule has 17 heavy (non-hydrogen) atoms. The van der Waals surface area contributed by atoms with Gasteiger partial charge in [0.25, 0.3) is 0 Å². The molecule has 1 aromatic carbocycles. The fourth-order valence-electron chi connectivity index (χ4n) is 1.74. The maximum Gasteiger partial charge on any atom is 0.227 e. The highest BCUT2D eigenvalue weighted by Gasteiger charge is 2.17. The van der Waals surface area contributed by atoms with Gasteiger partial charge in [-0.05, 0) is 40.8 Å². The van der Waals surface area contributed by atoms with Crippen molar-refractivity contribution in [1.82, 2.24) is 5.32 Å². The Morgan fingerprint density at radius 1 is 1.59 bits per heavy atom. The van der Waals surface area contributed by atoms with Crippen molar-refractivity contribution in [1.29, 1.82) is 0 Å². The van der Waals surface area contributed by atoms with Gasteiger partial charge in [-0.2, -0.15) is 0 Å². The molecule has 0 radical (unpaired) electrons. The second-order valence-corrected chi connectivity index (χ2v) is 5.21. The molecular formula is C12H15IN2O2. The lowest BCUT2D eigenvalue weighted by Crippen LogP contribution is -2.40. The Morgan fingerprint density at radius 2 is 2.47 bits per heavy atom. The van der Waals surface area contributed by atoms with E-state index in [4.69, 9.17) is 4.74 Å². The number of nitrogens with one attached hydrogen (secondary N) is 2. The molecule has 0 aromatic heterocycles. The van der Waals surface area contributed by atoms with E-state index in [-0.39, 0.29) is 12.0 Å². The van der Waals surface area contributed by atoms with E-state index in [0.29, 0.717) is 13.0 Å². The van der Waals surface area contributed by atoms with Crippen LogP contribution in [0.2, 0.25) is 0 Å². The fourth-order valence-corrected chi connectivity index (χ4v) is 2.28. The van der Waals surface area contributed by atoms with Crippen LogP contribution in [0.25, 0.3) is 0 Å². The Hall–Kier alpha value is -0.660. The standard InChI is InChI=1S/C12H15IN2O2/c13-9-2-1-3-10(6-9)15-12(16)7-11-8-14-4-5-17-11/h1-3,6,11,14H,4-5,7-8H2,(H,15,16). The average molecular weight is 346 g/mol. The lowest BCUT2D eigenvalue weighted by Gasteiger charge is -2.23. The van der Waals surface area contributed by atoms with E-state index in [1.165, 1.54) is 0 Å². The summed E-state index contributed by atoms with van der Waals surface area (Å²) in [4.78, 5) is 11.8. The summed E-state index contributed by atoms with van der Waals surface area (Å²) in [6, 6.07) is 7.75. The minimum atomic E-state index is -0.00784. The first-order valence-corrected chi connectivity index (χ1v) is 6.69. The SMILES string of the molecule is O=C(CC1CNCCO1)Nc1cccc(I)c1. The first-order valence-electron chi connectivity index (χ1n) is 5.62. The molecule has 2 rings (SSSR count). The Balaban J connectivity index is 1.84. The summed E-state index contributed by atoms with van der Waals surface area (Å²) < 4.78 is 6.59.